The topological polar surface area (TPSA) is 58.4 Å². The molecule has 2 fully saturated rings. The molecule has 7 heteroatoms. The Labute approximate surface area is 128 Å². The van der Waals surface area contributed by atoms with Gasteiger partial charge in [-0.1, -0.05) is 0 Å². The SMILES string of the molecule is CC(=O)N1CSC[C@@H]1C(=O)N1CCC[C@@H](n2ccnc2)C1. The number of likely N-dealkylation sites (tertiary alicyclic amines) is 1. The molecule has 1 aromatic rings. The van der Waals surface area contributed by atoms with Crippen molar-refractivity contribution in [3.05, 3.63) is 18.7 Å². The molecule has 2 aliphatic rings. The number of aromatic nitrogens is 2. The van der Waals surface area contributed by atoms with E-state index in [1.165, 1.54) is 6.92 Å². The maximum atomic E-state index is 12.7. The summed E-state index contributed by atoms with van der Waals surface area (Å²) < 4.78 is 2.07. The molecule has 1 aromatic heterocycles. The first-order valence-electron chi connectivity index (χ1n) is 7.28. The zero-order valence-corrected chi connectivity index (χ0v) is 13.0. The molecule has 0 radical (unpaired) electrons. The number of imidazole rings is 1. The first-order valence-corrected chi connectivity index (χ1v) is 8.43. The number of hydrogen-bond donors (Lipinski definition) is 0. The van der Waals surface area contributed by atoms with Gasteiger partial charge in [0.25, 0.3) is 0 Å². The summed E-state index contributed by atoms with van der Waals surface area (Å²) in [6.07, 6.45) is 7.59. The van der Waals surface area contributed by atoms with Gasteiger partial charge in [-0.2, -0.15) is 0 Å². The van der Waals surface area contributed by atoms with Crippen LogP contribution in [0.2, 0.25) is 0 Å². The second kappa shape index (κ2) is 6.09. The number of thioether (sulfide) groups is 1. The van der Waals surface area contributed by atoms with E-state index in [4.69, 9.17) is 0 Å². The molecule has 0 saturated carbocycles. The molecule has 0 unspecified atom stereocenters. The van der Waals surface area contributed by atoms with Crippen molar-refractivity contribution < 1.29 is 9.59 Å². The van der Waals surface area contributed by atoms with E-state index >= 15 is 0 Å². The third-order valence-corrected chi connectivity index (χ3v) is 5.24. The maximum Gasteiger partial charge on any atom is 0.246 e. The predicted molar refractivity (Wildman–Crippen MR) is 80.7 cm³/mol. The van der Waals surface area contributed by atoms with Gasteiger partial charge in [0.2, 0.25) is 11.8 Å². The third kappa shape index (κ3) is 2.92. The second-order valence-electron chi connectivity index (χ2n) is 5.59. The number of amides is 2. The smallest absolute Gasteiger partial charge is 0.246 e. The first-order chi connectivity index (χ1) is 10.2. The molecule has 6 nitrogen and oxygen atoms in total. The highest BCUT2D eigenvalue weighted by atomic mass is 32.2. The summed E-state index contributed by atoms with van der Waals surface area (Å²) in [5, 5.41) is 0. The van der Waals surface area contributed by atoms with E-state index in [2.05, 4.69) is 9.55 Å². The van der Waals surface area contributed by atoms with Crippen LogP contribution in [0.1, 0.15) is 25.8 Å². The Morgan fingerprint density at radius 1 is 1.38 bits per heavy atom. The van der Waals surface area contributed by atoms with Crippen LogP contribution in [0.4, 0.5) is 0 Å². The third-order valence-electron chi connectivity index (χ3n) is 4.23. The fourth-order valence-corrected chi connectivity index (χ4v) is 4.26. The number of carbonyl (C=O) groups is 2. The average Bonchev–Trinajstić information content (AvgIpc) is 3.17. The van der Waals surface area contributed by atoms with E-state index < -0.39 is 0 Å². The maximum absolute atomic E-state index is 12.7. The Hall–Kier alpha value is -1.50. The number of rotatable bonds is 2. The molecule has 0 aromatic carbocycles. The lowest BCUT2D eigenvalue weighted by atomic mass is 10.0. The molecule has 3 rings (SSSR count). The van der Waals surface area contributed by atoms with Crippen molar-refractivity contribution >= 4 is 23.6 Å². The molecular weight excluding hydrogens is 288 g/mol. The van der Waals surface area contributed by atoms with E-state index in [0.29, 0.717) is 24.2 Å². The summed E-state index contributed by atoms with van der Waals surface area (Å²) in [6, 6.07) is 0.0130. The van der Waals surface area contributed by atoms with Crippen LogP contribution in [0.5, 0.6) is 0 Å². The van der Waals surface area contributed by atoms with Gasteiger partial charge in [-0.15, -0.1) is 11.8 Å². The van der Waals surface area contributed by atoms with Gasteiger partial charge in [0, 0.05) is 38.2 Å². The van der Waals surface area contributed by atoms with Crippen molar-refractivity contribution in [2.75, 3.05) is 24.7 Å². The monoisotopic (exact) mass is 308 g/mol. The lowest BCUT2D eigenvalue weighted by Crippen LogP contribution is -2.51. The minimum Gasteiger partial charge on any atom is -0.339 e. The summed E-state index contributed by atoms with van der Waals surface area (Å²) in [5.74, 6) is 1.43. The fourth-order valence-electron chi connectivity index (χ4n) is 3.05. The summed E-state index contributed by atoms with van der Waals surface area (Å²) >= 11 is 1.65. The fraction of sp³-hybridized carbons (Fsp3) is 0.643. The molecule has 2 saturated heterocycles. The molecule has 0 spiro atoms. The molecule has 3 heterocycles. The van der Waals surface area contributed by atoms with Crippen molar-refractivity contribution in [2.45, 2.75) is 31.8 Å². The molecule has 0 aliphatic carbocycles. The van der Waals surface area contributed by atoms with Crippen LogP contribution in [0, 0.1) is 0 Å². The van der Waals surface area contributed by atoms with Crippen molar-refractivity contribution in [2.24, 2.45) is 0 Å². The molecule has 21 heavy (non-hydrogen) atoms. The summed E-state index contributed by atoms with van der Waals surface area (Å²) in [7, 11) is 0. The Morgan fingerprint density at radius 2 is 2.24 bits per heavy atom. The lowest BCUT2D eigenvalue weighted by Gasteiger charge is -2.36. The quantitative estimate of drug-likeness (QED) is 0.817. The Morgan fingerprint density at radius 3 is 2.95 bits per heavy atom. The van der Waals surface area contributed by atoms with Crippen LogP contribution in [0.25, 0.3) is 0 Å². The zero-order valence-electron chi connectivity index (χ0n) is 12.1. The highest BCUT2D eigenvalue weighted by molar-refractivity contribution is 7.99. The van der Waals surface area contributed by atoms with E-state index in [1.807, 2.05) is 17.4 Å². The van der Waals surface area contributed by atoms with Crippen LogP contribution in [0.3, 0.4) is 0 Å². The van der Waals surface area contributed by atoms with Crippen molar-refractivity contribution in [1.82, 2.24) is 19.4 Å². The Balaban J connectivity index is 1.68. The van der Waals surface area contributed by atoms with Crippen molar-refractivity contribution in [3.8, 4) is 0 Å². The molecule has 2 amide bonds. The summed E-state index contributed by atoms with van der Waals surface area (Å²) in [6.45, 7) is 3.04. The van der Waals surface area contributed by atoms with Gasteiger partial charge in [0.05, 0.1) is 18.2 Å². The summed E-state index contributed by atoms with van der Waals surface area (Å²) in [5.41, 5.74) is 0. The molecule has 114 valence electrons. The molecule has 2 aliphatic heterocycles. The van der Waals surface area contributed by atoms with Gasteiger partial charge < -0.3 is 14.4 Å². The van der Waals surface area contributed by atoms with Gasteiger partial charge in [-0.05, 0) is 12.8 Å². The van der Waals surface area contributed by atoms with Crippen LogP contribution >= 0.6 is 11.8 Å². The number of hydrogen-bond acceptors (Lipinski definition) is 4. The van der Waals surface area contributed by atoms with Gasteiger partial charge >= 0.3 is 0 Å². The molecular formula is C14H20N4O2S. The minimum absolute atomic E-state index is 0.0125. The normalized spacial score (nSPS) is 26.1. The van der Waals surface area contributed by atoms with E-state index in [0.717, 1.165) is 19.4 Å². The molecule has 2 atom stereocenters. The van der Waals surface area contributed by atoms with Crippen molar-refractivity contribution in [3.63, 3.8) is 0 Å². The van der Waals surface area contributed by atoms with Crippen LogP contribution in [-0.2, 0) is 9.59 Å². The standard InChI is InChI=1S/C14H20N4O2S/c1-11(19)18-10-21-8-13(18)14(20)16-5-2-3-12(7-16)17-6-4-15-9-17/h4,6,9,12-13H,2-3,5,7-8,10H2,1H3/t12-,13-/m1/s1. The number of piperidine rings is 1. The second-order valence-corrected chi connectivity index (χ2v) is 6.59. The average molecular weight is 308 g/mol. The first kappa shape index (κ1) is 14.4. The molecule has 0 bridgehead atoms. The minimum atomic E-state index is -0.283. The van der Waals surface area contributed by atoms with Gasteiger partial charge in [0.15, 0.2) is 0 Å². The van der Waals surface area contributed by atoms with Gasteiger partial charge in [-0.3, -0.25) is 9.59 Å². The highest BCUT2D eigenvalue weighted by Crippen LogP contribution is 2.26. The van der Waals surface area contributed by atoms with Gasteiger partial charge in [0.1, 0.15) is 6.04 Å². The van der Waals surface area contributed by atoms with Crippen LogP contribution < -0.4 is 0 Å². The van der Waals surface area contributed by atoms with Gasteiger partial charge in [-0.25, -0.2) is 4.98 Å². The largest absolute Gasteiger partial charge is 0.339 e. The van der Waals surface area contributed by atoms with Crippen molar-refractivity contribution in [1.29, 1.82) is 0 Å². The van der Waals surface area contributed by atoms with E-state index in [9.17, 15) is 9.59 Å². The Bertz CT molecular complexity index is 519. The summed E-state index contributed by atoms with van der Waals surface area (Å²) in [4.78, 5) is 32.0. The number of nitrogens with zero attached hydrogens (tertiary/aromatic N) is 4. The lowest BCUT2D eigenvalue weighted by molar-refractivity contribution is -0.143. The molecule has 0 N–H and O–H groups in total. The van der Waals surface area contributed by atoms with Crippen LogP contribution in [0.15, 0.2) is 18.7 Å². The Kier molecular flexibility index (Phi) is 4.19. The predicted octanol–water partition coefficient (Wildman–Crippen LogP) is 0.968. The van der Waals surface area contributed by atoms with Crippen LogP contribution in [-0.4, -0.2) is 61.9 Å². The number of carbonyl (C=O) groups excluding carboxylic acids is 2. The van der Waals surface area contributed by atoms with E-state index in [1.54, 1.807) is 22.9 Å². The van der Waals surface area contributed by atoms with E-state index in [-0.39, 0.29) is 17.9 Å². The highest BCUT2D eigenvalue weighted by Gasteiger charge is 2.37. The zero-order chi connectivity index (χ0) is 14.8.